The third kappa shape index (κ3) is 4.76. The third-order valence-electron chi connectivity index (χ3n) is 5.56. The van der Waals surface area contributed by atoms with E-state index in [1.165, 1.54) is 38.8 Å². The van der Waals surface area contributed by atoms with Gasteiger partial charge in [-0.1, -0.05) is 17.7 Å². The zero-order chi connectivity index (χ0) is 26.2. The lowest BCUT2D eigenvalue weighted by atomic mass is 10.1. The summed E-state index contributed by atoms with van der Waals surface area (Å²) in [6.07, 6.45) is -3.38. The quantitative estimate of drug-likeness (QED) is 0.325. The van der Waals surface area contributed by atoms with Crippen molar-refractivity contribution in [3.05, 3.63) is 69.0 Å². The number of benzene rings is 2. The number of carbonyl (C=O) groups excluding carboxylic acids is 1. The van der Waals surface area contributed by atoms with Gasteiger partial charge in [-0.25, -0.2) is 4.98 Å². The second-order valence-corrected chi connectivity index (χ2v) is 8.98. The van der Waals surface area contributed by atoms with Crippen LogP contribution in [0.5, 0.6) is 11.5 Å². The SMILES string of the molecule is COc1ccc(-c2csc3ncn(C(C)C(=O)Nc4cc(C(F)(F)F)ccc4Cl)c(=O)c23)cc1OC. The number of thiophene rings is 1. The van der Waals surface area contributed by atoms with E-state index in [9.17, 15) is 22.8 Å². The van der Waals surface area contributed by atoms with Crippen LogP contribution in [0.4, 0.5) is 18.9 Å². The number of nitrogens with zero attached hydrogens (tertiary/aromatic N) is 2. The molecule has 1 N–H and O–H groups in total. The van der Waals surface area contributed by atoms with Crippen LogP contribution in [-0.2, 0) is 11.0 Å². The number of rotatable bonds is 6. The Morgan fingerprint density at radius 2 is 1.86 bits per heavy atom. The van der Waals surface area contributed by atoms with E-state index in [1.54, 1.807) is 23.6 Å². The minimum atomic E-state index is -4.61. The fraction of sp³-hybridized carbons (Fsp3) is 0.208. The number of methoxy groups -OCH3 is 2. The predicted octanol–water partition coefficient (Wildman–Crippen LogP) is 6.01. The molecule has 2 heterocycles. The van der Waals surface area contributed by atoms with Gasteiger partial charge in [0.15, 0.2) is 11.5 Å². The van der Waals surface area contributed by atoms with E-state index in [4.69, 9.17) is 21.1 Å². The van der Waals surface area contributed by atoms with Gasteiger partial charge < -0.3 is 14.8 Å². The van der Waals surface area contributed by atoms with Gasteiger partial charge in [-0.3, -0.25) is 14.2 Å². The fourth-order valence-corrected chi connectivity index (χ4v) is 4.67. The summed E-state index contributed by atoms with van der Waals surface area (Å²) in [5, 5.41) is 4.38. The normalized spacial score (nSPS) is 12.4. The molecule has 0 aliphatic rings. The monoisotopic (exact) mass is 537 g/mol. The molecular weight excluding hydrogens is 519 g/mol. The molecule has 0 aliphatic carbocycles. The van der Waals surface area contributed by atoms with E-state index in [1.807, 2.05) is 0 Å². The fourth-order valence-electron chi connectivity index (χ4n) is 3.60. The van der Waals surface area contributed by atoms with Crippen molar-refractivity contribution < 1.29 is 27.4 Å². The van der Waals surface area contributed by atoms with Crippen molar-refractivity contribution in [3.63, 3.8) is 0 Å². The third-order valence-corrected chi connectivity index (χ3v) is 6.78. The molecule has 0 bridgehead atoms. The van der Waals surface area contributed by atoms with Crippen molar-refractivity contribution in [1.82, 2.24) is 9.55 Å². The number of carbonyl (C=O) groups is 1. The number of hydrogen-bond donors (Lipinski definition) is 1. The Morgan fingerprint density at radius 3 is 2.53 bits per heavy atom. The first-order chi connectivity index (χ1) is 17.0. The van der Waals surface area contributed by atoms with Gasteiger partial charge in [-0.05, 0) is 42.8 Å². The minimum Gasteiger partial charge on any atom is -0.493 e. The highest BCUT2D eigenvalue weighted by molar-refractivity contribution is 7.17. The molecule has 0 saturated carbocycles. The van der Waals surface area contributed by atoms with Crippen molar-refractivity contribution >= 4 is 44.7 Å². The predicted molar refractivity (Wildman–Crippen MR) is 132 cm³/mol. The van der Waals surface area contributed by atoms with Gasteiger partial charge in [0.2, 0.25) is 5.91 Å². The smallest absolute Gasteiger partial charge is 0.416 e. The number of fused-ring (bicyclic) bond motifs is 1. The molecule has 4 aromatic rings. The topological polar surface area (TPSA) is 82.5 Å². The van der Waals surface area contributed by atoms with Crippen LogP contribution in [0.2, 0.25) is 5.02 Å². The Hall–Kier alpha value is -3.57. The molecule has 0 spiro atoms. The highest BCUT2D eigenvalue weighted by Crippen LogP contribution is 2.37. The summed E-state index contributed by atoms with van der Waals surface area (Å²) in [5.41, 5.74) is -0.386. The summed E-state index contributed by atoms with van der Waals surface area (Å²) in [6, 6.07) is 6.71. The summed E-state index contributed by atoms with van der Waals surface area (Å²) in [6.45, 7) is 1.44. The molecule has 188 valence electrons. The number of anilines is 1. The van der Waals surface area contributed by atoms with E-state index < -0.39 is 29.2 Å². The van der Waals surface area contributed by atoms with Crippen molar-refractivity contribution in [2.45, 2.75) is 19.1 Å². The van der Waals surface area contributed by atoms with Gasteiger partial charge in [0.1, 0.15) is 10.9 Å². The number of halogens is 4. The molecule has 4 rings (SSSR count). The lowest BCUT2D eigenvalue weighted by Gasteiger charge is -2.17. The molecule has 0 fully saturated rings. The maximum Gasteiger partial charge on any atom is 0.416 e. The lowest BCUT2D eigenvalue weighted by molar-refractivity contribution is -0.137. The lowest BCUT2D eigenvalue weighted by Crippen LogP contribution is -2.31. The first-order valence-electron chi connectivity index (χ1n) is 10.4. The van der Waals surface area contributed by atoms with Gasteiger partial charge in [0.25, 0.3) is 5.56 Å². The first-order valence-corrected chi connectivity index (χ1v) is 11.7. The van der Waals surface area contributed by atoms with Gasteiger partial charge in [0.05, 0.1) is 42.2 Å². The van der Waals surface area contributed by atoms with Crippen molar-refractivity contribution in [3.8, 4) is 22.6 Å². The van der Waals surface area contributed by atoms with Crippen LogP contribution in [0.15, 0.2) is 52.9 Å². The van der Waals surface area contributed by atoms with Gasteiger partial charge in [-0.15, -0.1) is 11.3 Å². The van der Waals surface area contributed by atoms with E-state index in [-0.39, 0.29) is 10.7 Å². The van der Waals surface area contributed by atoms with Crippen molar-refractivity contribution in [2.24, 2.45) is 0 Å². The molecule has 1 unspecified atom stereocenters. The van der Waals surface area contributed by atoms with Crippen LogP contribution in [0.1, 0.15) is 18.5 Å². The molecule has 0 radical (unpaired) electrons. The second kappa shape index (κ2) is 9.82. The van der Waals surface area contributed by atoms with E-state index in [0.717, 1.165) is 22.8 Å². The molecule has 7 nitrogen and oxygen atoms in total. The number of hydrogen-bond acceptors (Lipinski definition) is 6. The summed E-state index contributed by atoms with van der Waals surface area (Å²) in [7, 11) is 3.01. The zero-order valence-corrected chi connectivity index (χ0v) is 20.7. The Balaban J connectivity index is 1.70. The average molecular weight is 538 g/mol. The number of nitrogens with one attached hydrogen (secondary N) is 1. The maximum absolute atomic E-state index is 13.4. The Kier molecular flexibility index (Phi) is 6.96. The number of alkyl halides is 3. The average Bonchev–Trinajstić information content (AvgIpc) is 3.29. The molecule has 1 amide bonds. The number of aromatic nitrogens is 2. The van der Waals surface area contributed by atoms with Gasteiger partial charge in [-0.2, -0.15) is 13.2 Å². The number of ether oxygens (including phenoxy) is 2. The zero-order valence-electron chi connectivity index (χ0n) is 19.1. The summed E-state index contributed by atoms with van der Waals surface area (Å²) >= 11 is 7.25. The van der Waals surface area contributed by atoms with Crippen LogP contribution >= 0.6 is 22.9 Å². The Labute approximate surface area is 212 Å². The highest BCUT2D eigenvalue weighted by Gasteiger charge is 2.31. The molecule has 0 aliphatic heterocycles. The summed E-state index contributed by atoms with van der Waals surface area (Å²) in [4.78, 5) is 31.1. The van der Waals surface area contributed by atoms with Crippen LogP contribution < -0.4 is 20.3 Å². The van der Waals surface area contributed by atoms with E-state index in [2.05, 4.69) is 10.3 Å². The van der Waals surface area contributed by atoms with Crippen molar-refractivity contribution in [1.29, 1.82) is 0 Å². The minimum absolute atomic E-state index is 0.0713. The van der Waals surface area contributed by atoms with E-state index in [0.29, 0.717) is 32.8 Å². The van der Waals surface area contributed by atoms with Crippen LogP contribution in [0.25, 0.3) is 21.3 Å². The number of amides is 1. The van der Waals surface area contributed by atoms with E-state index >= 15 is 0 Å². The van der Waals surface area contributed by atoms with Crippen LogP contribution in [0.3, 0.4) is 0 Å². The molecule has 36 heavy (non-hydrogen) atoms. The molecule has 2 aromatic heterocycles. The largest absolute Gasteiger partial charge is 0.493 e. The Morgan fingerprint density at radius 1 is 1.14 bits per heavy atom. The first kappa shape index (κ1) is 25.5. The molecular formula is C24H19ClF3N3O4S. The molecule has 0 saturated heterocycles. The maximum atomic E-state index is 13.4. The second-order valence-electron chi connectivity index (χ2n) is 7.71. The Bertz CT molecular complexity index is 1520. The van der Waals surface area contributed by atoms with Gasteiger partial charge in [0, 0.05) is 10.9 Å². The summed E-state index contributed by atoms with van der Waals surface area (Å²) < 4.78 is 51.0. The molecule has 1 atom stereocenters. The van der Waals surface area contributed by atoms with Gasteiger partial charge >= 0.3 is 6.18 Å². The van der Waals surface area contributed by atoms with Crippen molar-refractivity contribution in [2.75, 3.05) is 19.5 Å². The summed E-state index contributed by atoms with van der Waals surface area (Å²) in [5.74, 6) is 0.265. The molecule has 2 aromatic carbocycles. The van der Waals surface area contributed by atoms with Crippen LogP contribution in [0, 0.1) is 0 Å². The highest BCUT2D eigenvalue weighted by atomic mass is 35.5. The standard InChI is InChI=1S/C24H19ClF3N3O4S/c1-12(21(32)30-17-9-14(24(26,27)28)5-6-16(17)25)31-11-29-22-20(23(31)33)15(10-36-22)13-4-7-18(34-2)19(8-13)35-3/h4-12H,1-3H3,(H,30,32). The molecule has 12 heteroatoms. The van der Waals surface area contributed by atoms with Crippen LogP contribution in [-0.4, -0.2) is 29.7 Å².